The Balaban J connectivity index is 1.61. The van der Waals surface area contributed by atoms with Gasteiger partial charge in [0.2, 0.25) is 5.91 Å². The summed E-state index contributed by atoms with van der Waals surface area (Å²) in [5.74, 6) is 0.699. The van der Waals surface area contributed by atoms with Gasteiger partial charge in [-0.05, 0) is 24.1 Å². The molecule has 3 rings (SSSR count). The first-order valence-electron chi connectivity index (χ1n) is 8.06. The van der Waals surface area contributed by atoms with E-state index in [4.69, 9.17) is 0 Å². The molecule has 0 fully saturated rings. The number of nitrogens with one attached hydrogen (secondary N) is 2. The maximum atomic E-state index is 12.2. The van der Waals surface area contributed by atoms with Gasteiger partial charge in [-0.15, -0.1) is 0 Å². The molecule has 0 bridgehead atoms. The van der Waals surface area contributed by atoms with E-state index < -0.39 is 0 Å². The van der Waals surface area contributed by atoms with Gasteiger partial charge in [-0.3, -0.25) is 4.79 Å². The Morgan fingerprint density at radius 3 is 2.71 bits per heavy atom. The van der Waals surface area contributed by atoms with Gasteiger partial charge >= 0.3 is 0 Å². The molecule has 0 aliphatic rings. The second-order valence-electron chi connectivity index (χ2n) is 5.87. The van der Waals surface area contributed by atoms with Crippen LogP contribution in [0, 0.1) is 6.92 Å². The molecule has 0 aliphatic heterocycles. The van der Waals surface area contributed by atoms with Gasteiger partial charge in [0, 0.05) is 12.8 Å². The summed E-state index contributed by atoms with van der Waals surface area (Å²) in [4.78, 5) is 20.0. The van der Waals surface area contributed by atoms with Gasteiger partial charge in [0.25, 0.3) is 0 Å². The van der Waals surface area contributed by atoms with Gasteiger partial charge in [0.1, 0.15) is 5.82 Å². The van der Waals surface area contributed by atoms with E-state index in [0.717, 1.165) is 28.0 Å². The molecule has 0 spiro atoms. The number of aliphatic hydroxyl groups excluding tert-OH is 1. The number of aromatic amines is 1. The lowest BCUT2D eigenvalue weighted by atomic mass is 10.1. The topological polar surface area (TPSA) is 78.0 Å². The van der Waals surface area contributed by atoms with E-state index in [1.165, 1.54) is 0 Å². The van der Waals surface area contributed by atoms with Crippen molar-refractivity contribution in [1.82, 2.24) is 15.3 Å². The van der Waals surface area contributed by atoms with Gasteiger partial charge < -0.3 is 15.4 Å². The molecule has 124 valence electrons. The third-order valence-electron chi connectivity index (χ3n) is 4.07. The zero-order chi connectivity index (χ0) is 16.9. The largest absolute Gasteiger partial charge is 0.394 e. The van der Waals surface area contributed by atoms with Gasteiger partial charge in [0.05, 0.1) is 23.7 Å². The fraction of sp³-hybridized carbons (Fsp3) is 0.263. The molecule has 5 nitrogen and oxygen atoms in total. The van der Waals surface area contributed by atoms with Crippen LogP contribution in [0.2, 0.25) is 0 Å². The molecule has 1 aromatic heterocycles. The van der Waals surface area contributed by atoms with E-state index in [9.17, 15) is 9.90 Å². The minimum absolute atomic E-state index is 0.102. The first-order valence-corrected chi connectivity index (χ1v) is 8.06. The standard InChI is InChI=1S/C19H21N3O2/c1-13-6-5-9-15-19(13)22-17(20-15)10-11-18(24)21-16(12-23)14-7-3-2-4-8-14/h2-9,16,23H,10-12H2,1H3,(H,20,22)(H,21,24)/t16-/m0/s1. The number of benzene rings is 2. The Bertz CT molecular complexity index is 827. The van der Waals surface area contributed by atoms with E-state index in [2.05, 4.69) is 15.3 Å². The lowest BCUT2D eigenvalue weighted by molar-refractivity contribution is -0.122. The second-order valence-corrected chi connectivity index (χ2v) is 5.87. The number of aryl methyl sites for hydroxylation is 2. The highest BCUT2D eigenvalue weighted by Crippen LogP contribution is 2.16. The van der Waals surface area contributed by atoms with E-state index >= 15 is 0 Å². The Labute approximate surface area is 140 Å². The van der Waals surface area contributed by atoms with Crippen LogP contribution in [0.15, 0.2) is 48.5 Å². The third-order valence-corrected chi connectivity index (χ3v) is 4.07. The van der Waals surface area contributed by atoms with Crippen molar-refractivity contribution >= 4 is 16.9 Å². The number of hydrogen-bond acceptors (Lipinski definition) is 3. The molecule has 0 unspecified atom stereocenters. The maximum Gasteiger partial charge on any atom is 0.221 e. The summed E-state index contributed by atoms with van der Waals surface area (Å²) >= 11 is 0. The molecule has 0 saturated heterocycles. The molecule has 2 aromatic carbocycles. The highest BCUT2D eigenvalue weighted by atomic mass is 16.3. The Morgan fingerprint density at radius 2 is 2.00 bits per heavy atom. The molecule has 1 amide bonds. The van der Waals surface area contributed by atoms with Crippen molar-refractivity contribution in [3.05, 3.63) is 65.5 Å². The molecule has 3 aromatic rings. The fourth-order valence-corrected chi connectivity index (χ4v) is 2.76. The summed E-state index contributed by atoms with van der Waals surface area (Å²) in [5.41, 5.74) is 3.95. The van der Waals surface area contributed by atoms with Crippen LogP contribution in [-0.2, 0) is 11.2 Å². The van der Waals surface area contributed by atoms with Crippen LogP contribution in [0.3, 0.4) is 0 Å². The summed E-state index contributed by atoms with van der Waals surface area (Å²) in [7, 11) is 0. The smallest absolute Gasteiger partial charge is 0.221 e. The lowest BCUT2D eigenvalue weighted by Gasteiger charge is -2.16. The van der Waals surface area contributed by atoms with Crippen molar-refractivity contribution in [2.45, 2.75) is 25.8 Å². The average molecular weight is 323 g/mol. The first-order chi connectivity index (χ1) is 11.7. The zero-order valence-electron chi connectivity index (χ0n) is 13.6. The van der Waals surface area contributed by atoms with Gasteiger partial charge in [-0.1, -0.05) is 42.5 Å². The van der Waals surface area contributed by atoms with Crippen LogP contribution in [-0.4, -0.2) is 27.6 Å². The molecular weight excluding hydrogens is 302 g/mol. The summed E-state index contributed by atoms with van der Waals surface area (Å²) in [5, 5.41) is 12.4. The number of aromatic nitrogens is 2. The predicted octanol–water partition coefficient (Wildman–Crippen LogP) is 2.65. The molecular formula is C19H21N3O2. The van der Waals surface area contributed by atoms with Crippen LogP contribution in [0.5, 0.6) is 0 Å². The highest BCUT2D eigenvalue weighted by molar-refractivity contribution is 5.79. The summed E-state index contributed by atoms with van der Waals surface area (Å²) in [6.45, 7) is 1.89. The number of para-hydroxylation sites is 1. The van der Waals surface area contributed by atoms with Gasteiger partial charge in [-0.2, -0.15) is 0 Å². The zero-order valence-corrected chi connectivity index (χ0v) is 13.6. The van der Waals surface area contributed by atoms with Crippen molar-refractivity contribution in [2.75, 3.05) is 6.61 Å². The van der Waals surface area contributed by atoms with E-state index in [-0.39, 0.29) is 18.6 Å². The monoisotopic (exact) mass is 323 g/mol. The average Bonchev–Trinajstić information content (AvgIpc) is 3.03. The Hall–Kier alpha value is -2.66. The number of carbonyl (C=O) groups excluding carboxylic acids is 1. The fourth-order valence-electron chi connectivity index (χ4n) is 2.76. The molecule has 0 saturated carbocycles. The number of carbonyl (C=O) groups is 1. The first kappa shape index (κ1) is 16.2. The predicted molar refractivity (Wildman–Crippen MR) is 93.6 cm³/mol. The molecule has 5 heteroatoms. The number of rotatable bonds is 6. The summed E-state index contributed by atoms with van der Waals surface area (Å²) in [6.07, 6.45) is 0.856. The second kappa shape index (κ2) is 7.27. The van der Waals surface area contributed by atoms with Gasteiger partial charge in [-0.25, -0.2) is 4.98 Å². The van der Waals surface area contributed by atoms with Crippen LogP contribution in [0.4, 0.5) is 0 Å². The maximum absolute atomic E-state index is 12.2. The third kappa shape index (κ3) is 3.63. The van der Waals surface area contributed by atoms with Crippen molar-refractivity contribution in [3.63, 3.8) is 0 Å². The lowest BCUT2D eigenvalue weighted by Crippen LogP contribution is -2.30. The number of fused-ring (bicyclic) bond motifs is 1. The number of aliphatic hydroxyl groups is 1. The van der Waals surface area contributed by atoms with Crippen molar-refractivity contribution in [1.29, 1.82) is 0 Å². The van der Waals surface area contributed by atoms with E-state index in [1.807, 2.05) is 55.5 Å². The number of nitrogens with zero attached hydrogens (tertiary/aromatic N) is 1. The molecule has 3 N–H and O–H groups in total. The molecule has 1 heterocycles. The van der Waals surface area contributed by atoms with E-state index in [1.54, 1.807) is 0 Å². The Kier molecular flexibility index (Phi) is 4.91. The highest BCUT2D eigenvalue weighted by Gasteiger charge is 2.14. The number of H-pyrrole nitrogens is 1. The van der Waals surface area contributed by atoms with Crippen molar-refractivity contribution in [2.24, 2.45) is 0 Å². The molecule has 1 atom stereocenters. The quantitative estimate of drug-likeness (QED) is 0.652. The van der Waals surface area contributed by atoms with Crippen LogP contribution in [0.25, 0.3) is 11.0 Å². The molecule has 0 radical (unpaired) electrons. The van der Waals surface area contributed by atoms with E-state index in [0.29, 0.717) is 12.8 Å². The van der Waals surface area contributed by atoms with Crippen LogP contribution in [0.1, 0.15) is 29.4 Å². The van der Waals surface area contributed by atoms with Crippen molar-refractivity contribution < 1.29 is 9.90 Å². The summed E-state index contributed by atoms with van der Waals surface area (Å²) in [6, 6.07) is 15.1. The van der Waals surface area contributed by atoms with Crippen LogP contribution >= 0.6 is 0 Å². The van der Waals surface area contributed by atoms with Crippen molar-refractivity contribution in [3.8, 4) is 0 Å². The van der Waals surface area contributed by atoms with Gasteiger partial charge in [0.15, 0.2) is 0 Å². The number of hydrogen-bond donors (Lipinski definition) is 3. The normalized spacial score (nSPS) is 12.2. The minimum Gasteiger partial charge on any atom is -0.394 e. The molecule has 24 heavy (non-hydrogen) atoms. The number of amides is 1. The van der Waals surface area contributed by atoms with Crippen LogP contribution < -0.4 is 5.32 Å². The number of imidazole rings is 1. The minimum atomic E-state index is -0.378. The Morgan fingerprint density at radius 1 is 1.21 bits per heavy atom. The SMILES string of the molecule is Cc1cccc2[nH]c(CCC(=O)N[C@@H](CO)c3ccccc3)nc12. The summed E-state index contributed by atoms with van der Waals surface area (Å²) < 4.78 is 0. The molecule has 0 aliphatic carbocycles.